The van der Waals surface area contributed by atoms with Crippen LogP contribution in [-0.2, 0) is 24.8 Å². The standard InChI is InChI=1S/C26H31N3O5S2/c1-17-7-9-19(3)24(15-17)28-36(33,34)23-13-11-22(12-14-23)27-26(30)21(5)29(35(6,31)32)25-16-18(2)8-10-20(25)4/h7-16,21,28H,1-6H3,(H,27,30). The number of rotatable bonds is 8. The van der Waals surface area contributed by atoms with E-state index in [1.54, 1.807) is 25.1 Å². The maximum atomic E-state index is 13.0. The molecule has 0 heterocycles. The molecular formula is C26H31N3O5S2. The van der Waals surface area contributed by atoms with Gasteiger partial charge in [0.2, 0.25) is 15.9 Å². The van der Waals surface area contributed by atoms with Crippen LogP contribution in [0.25, 0.3) is 0 Å². The summed E-state index contributed by atoms with van der Waals surface area (Å²) in [6, 6.07) is 15.5. The fourth-order valence-electron chi connectivity index (χ4n) is 3.75. The number of nitrogens with one attached hydrogen (secondary N) is 2. The first-order valence-electron chi connectivity index (χ1n) is 11.3. The van der Waals surface area contributed by atoms with E-state index in [2.05, 4.69) is 10.0 Å². The van der Waals surface area contributed by atoms with Crippen LogP contribution < -0.4 is 14.3 Å². The Bertz CT molecular complexity index is 1500. The van der Waals surface area contributed by atoms with Gasteiger partial charge >= 0.3 is 0 Å². The minimum atomic E-state index is -3.84. The van der Waals surface area contributed by atoms with Crippen molar-refractivity contribution in [2.24, 2.45) is 0 Å². The second kappa shape index (κ2) is 10.3. The van der Waals surface area contributed by atoms with Gasteiger partial charge in [-0.05, 0) is 93.3 Å². The van der Waals surface area contributed by atoms with Gasteiger partial charge in [0.15, 0.2) is 0 Å². The van der Waals surface area contributed by atoms with Gasteiger partial charge in [0, 0.05) is 5.69 Å². The molecule has 0 radical (unpaired) electrons. The summed E-state index contributed by atoms with van der Waals surface area (Å²) in [5.74, 6) is -0.551. The van der Waals surface area contributed by atoms with E-state index in [-0.39, 0.29) is 4.90 Å². The molecule has 1 atom stereocenters. The second-order valence-corrected chi connectivity index (χ2v) is 12.5. The predicted molar refractivity (Wildman–Crippen MR) is 144 cm³/mol. The minimum Gasteiger partial charge on any atom is -0.324 e. The van der Waals surface area contributed by atoms with Crippen LogP contribution in [0.5, 0.6) is 0 Å². The van der Waals surface area contributed by atoms with E-state index >= 15 is 0 Å². The van der Waals surface area contributed by atoms with Crippen molar-refractivity contribution in [2.45, 2.75) is 45.6 Å². The van der Waals surface area contributed by atoms with Crippen molar-refractivity contribution >= 4 is 43.0 Å². The summed E-state index contributed by atoms with van der Waals surface area (Å²) >= 11 is 0. The van der Waals surface area contributed by atoms with Crippen LogP contribution in [0.2, 0.25) is 0 Å². The number of carbonyl (C=O) groups is 1. The molecule has 1 unspecified atom stereocenters. The lowest BCUT2D eigenvalue weighted by Crippen LogP contribution is -2.45. The van der Waals surface area contributed by atoms with Crippen molar-refractivity contribution < 1.29 is 21.6 Å². The maximum absolute atomic E-state index is 13.0. The molecule has 0 saturated carbocycles. The van der Waals surface area contributed by atoms with Gasteiger partial charge in [-0.15, -0.1) is 0 Å². The Morgan fingerprint density at radius 1 is 0.806 bits per heavy atom. The van der Waals surface area contributed by atoms with Crippen molar-refractivity contribution in [3.8, 4) is 0 Å². The molecule has 0 aliphatic heterocycles. The van der Waals surface area contributed by atoms with Gasteiger partial charge in [-0.2, -0.15) is 0 Å². The van der Waals surface area contributed by atoms with E-state index in [1.165, 1.54) is 31.2 Å². The topological polar surface area (TPSA) is 113 Å². The molecule has 3 rings (SSSR count). The van der Waals surface area contributed by atoms with E-state index in [9.17, 15) is 21.6 Å². The predicted octanol–water partition coefficient (Wildman–Crippen LogP) is 4.51. The number of nitrogens with zero attached hydrogens (tertiary/aromatic N) is 1. The van der Waals surface area contributed by atoms with Gasteiger partial charge in [0.05, 0.1) is 22.5 Å². The highest BCUT2D eigenvalue weighted by Gasteiger charge is 2.30. The smallest absolute Gasteiger partial charge is 0.261 e. The zero-order valence-corrected chi connectivity index (χ0v) is 22.8. The van der Waals surface area contributed by atoms with Crippen molar-refractivity contribution in [1.29, 1.82) is 0 Å². The van der Waals surface area contributed by atoms with Crippen molar-refractivity contribution in [2.75, 3.05) is 20.6 Å². The van der Waals surface area contributed by atoms with Gasteiger partial charge in [-0.1, -0.05) is 24.3 Å². The molecule has 3 aromatic rings. The number of aryl methyl sites for hydroxylation is 4. The third-order valence-electron chi connectivity index (χ3n) is 5.76. The molecule has 3 aromatic carbocycles. The van der Waals surface area contributed by atoms with Crippen molar-refractivity contribution in [3.05, 3.63) is 82.9 Å². The molecule has 0 fully saturated rings. The number of carbonyl (C=O) groups excluding carboxylic acids is 1. The van der Waals surface area contributed by atoms with E-state index in [4.69, 9.17) is 0 Å². The highest BCUT2D eigenvalue weighted by atomic mass is 32.2. The average Bonchev–Trinajstić information content (AvgIpc) is 2.78. The Balaban J connectivity index is 1.81. The zero-order chi connectivity index (χ0) is 26.8. The molecular weight excluding hydrogens is 498 g/mol. The molecule has 10 heteroatoms. The van der Waals surface area contributed by atoms with Crippen LogP contribution in [0.15, 0.2) is 65.6 Å². The number of hydrogen-bond acceptors (Lipinski definition) is 5. The second-order valence-electron chi connectivity index (χ2n) is 8.96. The molecule has 0 aliphatic rings. The van der Waals surface area contributed by atoms with Crippen LogP contribution in [0.3, 0.4) is 0 Å². The molecule has 0 bridgehead atoms. The number of amides is 1. The summed E-state index contributed by atoms with van der Waals surface area (Å²) < 4.78 is 54.6. The Hall–Kier alpha value is -3.37. The molecule has 36 heavy (non-hydrogen) atoms. The lowest BCUT2D eigenvalue weighted by molar-refractivity contribution is -0.116. The van der Waals surface area contributed by atoms with Gasteiger partial charge in [0.1, 0.15) is 6.04 Å². The Morgan fingerprint density at radius 3 is 1.94 bits per heavy atom. The van der Waals surface area contributed by atoms with E-state index in [0.29, 0.717) is 17.1 Å². The summed E-state index contributed by atoms with van der Waals surface area (Å²) in [6.45, 7) is 8.82. The fourth-order valence-corrected chi connectivity index (χ4v) is 6.10. The molecule has 0 saturated heterocycles. The van der Waals surface area contributed by atoms with Gasteiger partial charge in [0.25, 0.3) is 10.0 Å². The van der Waals surface area contributed by atoms with Crippen LogP contribution in [-0.4, -0.2) is 35.0 Å². The largest absolute Gasteiger partial charge is 0.324 e. The SMILES string of the molecule is Cc1ccc(C)c(NS(=O)(=O)c2ccc(NC(=O)C(C)N(c3cc(C)ccc3C)S(C)(=O)=O)cc2)c1. The first-order chi connectivity index (χ1) is 16.7. The number of sulfonamides is 2. The molecule has 0 aromatic heterocycles. The zero-order valence-electron chi connectivity index (χ0n) is 21.2. The Morgan fingerprint density at radius 2 is 1.36 bits per heavy atom. The molecule has 192 valence electrons. The number of hydrogen-bond donors (Lipinski definition) is 2. The summed E-state index contributed by atoms with van der Waals surface area (Å²) in [5.41, 5.74) is 4.56. The first-order valence-corrected chi connectivity index (χ1v) is 14.6. The lowest BCUT2D eigenvalue weighted by Gasteiger charge is -2.29. The van der Waals surface area contributed by atoms with Crippen LogP contribution in [0, 0.1) is 27.7 Å². The fraction of sp³-hybridized carbons (Fsp3) is 0.269. The molecule has 8 nitrogen and oxygen atoms in total. The summed E-state index contributed by atoms with van der Waals surface area (Å²) in [5, 5.41) is 2.68. The number of benzene rings is 3. The molecule has 0 spiro atoms. The first kappa shape index (κ1) is 27.2. The summed E-state index contributed by atoms with van der Waals surface area (Å²) in [7, 11) is -7.61. The molecule has 2 N–H and O–H groups in total. The van der Waals surface area contributed by atoms with E-state index < -0.39 is 32.0 Å². The molecule has 1 amide bonds. The monoisotopic (exact) mass is 529 g/mol. The summed E-state index contributed by atoms with van der Waals surface area (Å²) in [6.07, 6.45) is 1.06. The number of anilines is 3. The van der Waals surface area contributed by atoms with E-state index in [0.717, 1.165) is 32.8 Å². The van der Waals surface area contributed by atoms with Crippen LogP contribution in [0.4, 0.5) is 17.1 Å². The maximum Gasteiger partial charge on any atom is 0.261 e. The van der Waals surface area contributed by atoms with Gasteiger partial charge in [-0.25, -0.2) is 16.8 Å². The third-order valence-corrected chi connectivity index (χ3v) is 8.37. The normalized spacial score (nSPS) is 12.6. The molecule has 0 aliphatic carbocycles. The van der Waals surface area contributed by atoms with Crippen molar-refractivity contribution in [3.63, 3.8) is 0 Å². The van der Waals surface area contributed by atoms with Crippen LogP contribution >= 0.6 is 0 Å². The van der Waals surface area contributed by atoms with Gasteiger partial charge in [-0.3, -0.25) is 13.8 Å². The Kier molecular flexibility index (Phi) is 7.80. The van der Waals surface area contributed by atoms with E-state index in [1.807, 2.05) is 39.0 Å². The quantitative estimate of drug-likeness (QED) is 0.446. The summed E-state index contributed by atoms with van der Waals surface area (Å²) in [4.78, 5) is 13.0. The van der Waals surface area contributed by atoms with Crippen molar-refractivity contribution in [1.82, 2.24) is 0 Å². The average molecular weight is 530 g/mol. The minimum absolute atomic E-state index is 0.0302. The third kappa shape index (κ3) is 6.24. The van der Waals surface area contributed by atoms with Crippen LogP contribution in [0.1, 0.15) is 29.2 Å². The highest BCUT2D eigenvalue weighted by molar-refractivity contribution is 7.92. The lowest BCUT2D eigenvalue weighted by atomic mass is 10.1. The highest BCUT2D eigenvalue weighted by Crippen LogP contribution is 2.27. The van der Waals surface area contributed by atoms with Gasteiger partial charge < -0.3 is 5.32 Å². The Labute approximate surface area is 213 Å².